The Morgan fingerprint density at radius 3 is 2.51 bits per heavy atom. The molecule has 0 spiro atoms. The number of urea groups is 1. The Kier molecular flexibility index (Phi) is 9.17. The van der Waals surface area contributed by atoms with Gasteiger partial charge in [-0.25, -0.2) is 14.8 Å². The standard InChI is InChI=1S/C27H29F3N10O2.CH2O2/c1-16-12-17(2-3-19(16)25(41)38-8-10-39(11-9-38)26(42)36-18-4-5-31-13-18)35-23-24-33-15-21(40(24)7-6-32-23)20-14-34-37-22(20)27(28,29)30;2-1-3/h2-3,6-7,12,14-15,18,31H,4-5,8-11,13H2,1H3,(H,32,35)(H,34,37)(H,36,42);1H,(H,2,3)/t18-;/m0./s1. The minimum Gasteiger partial charge on any atom is -0.483 e. The first kappa shape index (κ1) is 31.2. The lowest BCUT2D eigenvalue weighted by Crippen LogP contribution is -2.54. The Bertz CT molecular complexity index is 1670. The van der Waals surface area contributed by atoms with Gasteiger partial charge in [-0.2, -0.15) is 18.3 Å². The number of aryl methyl sites for hydroxylation is 1. The molecule has 2 aliphatic rings. The molecule has 238 valence electrons. The van der Waals surface area contributed by atoms with Crippen molar-refractivity contribution in [1.82, 2.24) is 45.0 Å². The van der Waals surface area contributed by atoms with Gasteiger partial charge in [0.1, 0.15) is 5.69 Å². The number of piperazine rings is 1. The smallest absolute Gasteiger partial charge is 0.433 e. The fraction of sp³-hybridized carbons (Fsp3) is 0.357. The van der Waals surface area contributed by atoms with E-state index in [1.54, 1.807) is 28.0 Å². The molecule has 0 unspecified atom stereocenters. The van der Waals surface area contributed by atoms with Gasteiger partial charge in [-0.05, 0) is 43.7 Å². The summed E-state index contributed by atoms with van der Waals surface area (Å²) in [5, 5.41) is 21.9. The number of rotatable bonds is 5. The number of H-pyrrole nitrogens is 1. The van der Waals surface area contributed by atoms with Crippen molar-refractivity contribution >= 4 is 35.6 Å². The Hall–Kier alpha value is -5.19. The van der Waals surface area contributed by atoms with E-state index in [-0.39, 0.29) is 35.7 Å². The molecule has 17 heteroatoms. The van der Waals surface area contributed by atoms with E-state index in [0.29, 0.717) is 48.9 Å². The normalized spacial score (nSPS) is 16.7. The fourth-order valence-electron chi connectivity index (χ4n) is 5.35. The molecule has 45 heavy (non-hydrogen) atoms. The van der Waals surface area contributed by atoms with Crippen LogP contribution in [0.5, 0.6) is 0 Å². The molecule has 1 aromatic carbocycles. The molecule has 0 bridgehead atoms. The first-order valence-corrected chi connectivity index (χ1v) is 14.0. The van der Waals surface area contributed by atoms with E-state index in [1.807, 2.05) is 12.0 Å². The third-order valence-electron chi connectivity index (χ3n) is 7.59. The number of carboxylic acid groups (broad SMARTS) is 1. The monoisotopic (exact) mass is 628 g/mol. The number of halogens is 3. The van der Waals surface area contributed by atoms with Gasteiger partial charge in [0.15, 0.2) is 11.5 Å². The van der Waals surface area contributed by atoms with E-state index in [1.165, 1.54) is 23.0 Å². The maximum atomic E-state index is 13.4. The van der Waals surface area contributed by atoms with Crippen LogP contribution in [0.3, 0.4) is 0 Å². The zero-order chi connectivity index (χ0) is 32.1. The number of imidazole rings is 1. The molecule has 2 saturated heterocycles. The first-order chi connectivity index (χ1) is 21.6. The quantitative estimate of drug-likeness (QED) is 0.208. The number of benzene rings is 1. The molecule has 2 fully saturated rings. The summed E-state index contributed by atoms with van der Waals surface area (Å²) in [5.74, 6) is 0.222. The van der Waals surface area contributed by atoms with Gasteiger partial charge in [0.2, 0.25) is 0 Å². The van der Waals surface area contributed by atoms with Gasteiger partial charge >= 0.3 is 12.2 Å². The summed E-state index contributed by atoms with van der Waals surface area (Å²) in [6.07, 6.45) is 1.75. The van der Waals surface area contributed by atoms with Crippen molar-refractivity contribution in [2.24, 2.45) is 0 Å². The first-order valence-electron chi connectivity index (χ1n) is 14.0. The Morgan fingerprint density at radius 1 is 1.11 bits per heavy atom. The van der Waals surface area contributed by atoms with Crippen LogP contribution >= 0.6 is 0 Å². The molecule has 4 aromatic rings. The molecule has 5 heterocycles. The fourth-order valence-corrected chi connectivity index (χ4v) is 5.35. The molecular weight excluding hydrogens is 597 g/mol. The van der Waals surface area contributed by atoms with E-state index in [2.05, 4.69) is 31.0 Å². The lowest BCUT2D eigenvalue weighted by Gasteiger charge is -2.35. The van der Waals surface area contributed by atoms with Crippen molar-refractivity contribution < 1.29 is 32.7 Å². The van der Waals surface area contributed by atoms with Crippen LogP contribution in [-0.2, 0) is 11.0 Å². The highest BCUT2D eigenvalue weighted by Crippen LogP contribution is 2.36. The summed E-state index contributed by atoms with van der Waals surface area (Å²) in [4.78, 5) is 46.3. The summed E-state index contributed by atoms with van der Waals surface area (Å²) in [7, 11) is 0. The van der Waals surface area contributed by atoms with Gasteiger partial charge in [-0.15, -0.1) is 0 Å². The lowest BCUT2D eigenvalue weighted by molar-refractivity contribution is -0.140. The summed E-state index contributed by atoms with van der Waals surface area (Å²) in [6, 6.07) is 5.32. The predicted octanol–water partition coefficient (Wildman–Crippen LogP) is 2.72. The third kappa shape index (κ3) is 6.82. The van der Waals surface area contributed by atoms with Gasteiger partial charge in [-0.3, -0.25) is 19.1 Å². The van der Waals surface area contributed by atoms with Gasteiger partial charge in [0.25, 0.3) is 12.4 Å². The highest BCUT2D eigenvalue weighted by molar-refractivity contribution is 5.96. The zero-order valence-electron chi connectivity index (χ0n) is 24.1. The molecule has 6 rings (SSSR count). The second kappa shape index (κ2) is 13.2. The number of amides is 3. The van der Waals surface area contributed by atoms with Crippen LogP contribution in [0.2, 0.25) is 0 Å². The van der Waals surface area contributed by atoms with Gasteiger partial charge in [0.05, 0.1) is 23.7 Å². The zero-order valence-corrected chi connectivity index (χ0v) is 24.1. The van der Waals surface area contributed by atoms with Crippen LogP contribution in [0.1, 0.15) is 28.0 Å². The summed E-state index contributed by atoms with van der Waals surface area (Å²) >= 11 is 0. The second-order valence-corrected chi connectivity index (χ2v) is 10.4. The van der Waals surface area contributed by atoms with Crippen LogP contribution in [-0.4, -0.2) is 103 Å². The number of aromatic amines is 1. The minimum absolute atomic E-state index is 0.0961. The number of carbonyl (C=O) groups excluding carboxylic acids is 2. The van der Waals surface area contributed by atoms with Gasteiger partial charge in [0, 0.05) is 62.4 Å². The van der Waals surface area contributed by atoms with Crippen molar-refractivity contribution in [3.05, 3.63) is 59.8 Å². The Labute approximate surface area is 254 Å². The summed E-state index contributed by atoms with van der Waals surface area (Å²) < 4.78 is 41.8. The number of nitrogens with one attached hydrogen (secondary N) is 4. The number of alkyl halides is 3. The minimum atomic E-state index is -4.60. The average Bonchev–Trinajstić information content (AvgIpc) is 3.79. The molecule has 2 aliphatic heterocycles. The molecule has 0 saturated carbocycles. The van der Waals surface area contributed by atoms with Crippen molar-refractivity contribution in [2.75, 3.05) is 44.6 Å². The van der Waals surface area contributed by atoms with Crippen molar-refractivity contribution in [3.8, 4) is 11.3 Å². The maximum Gasteiger partial charge on any atom is 0.433 e. The number of aromatic nitrogens is 5. The molecule has 1 atom stereocenters. The molecule has 5 N–H and O–H groups in total. The molecule has 14 nitrogen and oxygen atoms in total. The predicted molar refractivity (Wildman–Crippen MR) is 156 cm³/mol. The average molecular weight is 629 g/mol. The summed E-state index contributed by atoms with van der Waals surface area (Å²) in [5.41, 5.74) is 1.37. The van der Waals surface area contributed by atoms with E-state index < -0.39 is 11.9 Å². The van der Waals surface area contributed by atoms with E-state index in [0.717, 1.165) is 31.3 Å². The SMILES string of the molecule is Cc1cc(Nc2nccn3c(-c4cn[nH]c4C(F)(F)F)cnc23)ccc1C(=O)N1CCN(C(=O)N[C@H]2CCNC2)CC1.O=CO. The van der Waals surface area contributed by atoms with Crippen molar-refractivity contribution in [3.63, 3.8) is 0 Å². The van der Waals surface area contributed by atoms with E-state index in [4.69, 9.17) is 9.90 Å². The third-order valence-corrected chi connectivity index (χ3v) is 7.59. The number of nitrogens with zero attached hydrogens (tertiary/aromatic N) is 6. The van der Waals surface area contributed by atoms with Gasteiger partial charge < -0.3 is 30.9 Å². The lowest BCUT2D eigenvalue weighted by atomic mass is 10.1. The number of anilines is 2. The van der Waals surface area contributed by atoms with Gasteiger partial charge in [-0.1, -0.05) is 0 Å². The number of hydrogen-bond donors (Lipinski definition) is 5. The number of carbonyl (C=O) groups is 3. The molecule has 3 aromatic heterocycles. The number of hydrogen-bond acceptors (Lipinski definition) is 8. The van der Waals surface area contributed by atoms with E-state index in [9.17, 15) is 22.8 Å². The van der Waals surface area contributed by atoms with E-state index >= 15 is 0 Å². The number of fused-ring (bicyclic) bond motifs is 1. The van der Waals surface area contributed by atoms with Crippen LogP contribution in [0.15, 0.2) is 43.0 Å². The van der Waals surface area contributed by atoms with Crippen LogP contribution in [0.25, 0.3) is 16.9 Å². The van der Waals surface area contributed by atoms with Crippen LogP contribution in [0.4, 0.5) is 29.5 Å². The van der Waals surface area contributed by atoms with Crippen LogP contribution < -0.4 is 16.0 Å². The Balaban J connectivity index is 0.00000128. The van der Waals surface area contributed by atoms with Crippen LogP contribution in [0, 0.1) is 6.92 Å². The molecular formula is C28H31F3N10O4. The molecule has 3 amide bonds. The highest BCUT2D eigenvalue weighted by Gasteiger charge is 2.36. The van der Waals surface area contributed by atoms with Crippen molar-refractivity contribution in [2.45, 2.75) is 25.6 Å². The maximum absolute atomic E-state index is 13.4. The van der Waals surface area contributed by atoms with Crippen molar-refractivity contribution in [1.29, 1.82) is 0 Å². The topological polar surface area (TPSA) is 173 Å². The summed E-state index contributed by atoms with van der Waals surface area (Å²) in [6.45, 7) is 5.05. The molecule has 0 aliphatic carbocycles. The Morgan fingerprint density at radius 2 is 1.84 bits per heavy atom. The second-order valence-electron chi connectivity index (χ2n) is 10.4. The largest absolute Gasteiger partial charge is 0.483 e. The highest BCUT2D eigenvalue weighted by atomic mass is 19.4. The molecule has 0 radical (unpaired) electrons.